The van der Waals surface area contributed by atoms with Crippen molar-refractivity contribution in [1.29, 1.82) is 0 Å². The van der Waals surface area contributed by atoms with Crippen LogP contribution in [0.3, 0.4) is 0 Å². The fourth-order valence-electron chi connectivity index (χ4n) is 3.86. The second kappa shape index (κ2) is 10.4. The molecule has 1 saturated heterocycles. The number of hydrogen-bond acceptors (Lipinski definition) is 4. The molecule has 0 spiro atoms. The van der Waals surface area contributed by atoms with Gasteiger partial charge in [0.25, 0.3) is 0 Å². The first-order valence-electron chi connectivity index (χ1n) is 10.9. The minimum atomic E-state index is -0.587. The number of carbonyl (C=O) groups is 2. The summed E-state index contributed by atoms with van der Waals surface area (Å²) >= 11 is 0. The Bertz CT molecular complexity index is 849. The summed E-state index contributed by atoms with van der Waals surface area (Å²) in [5.74, 6) is -0.0840. The molecule has 1 unspecified atom stereocenters. The highest BCUT2D eigenvalue weighted by Crippen LogP contribution is 2.28. The molecule has 3 rings (SSSR count). The molecule has 6 heteroatoms. The van der Waals surface area contributed by atoms with E-state index in [4.69, 9.17) is 4.74 Å². The van der Waals surface area contributed by atoms with E-state index in [1.54, 1.807) is 20.8 Å². The number of hydrogen-bond donors (Lipinski definition) is 1. The predicted octanol–water partition coefficient (Wildman–Crippen LogP) is 3.99. The highest BCUT2D eigenvalue weighted by Gasteiger charge is 2.27. The molecule has 0 radical (unpaired) electrons. The molecule has 0 aliphatic carbocycles. The molecule has 0 aromatic heterocycles. The Hall–Kier alpha value is -2.86. The van der Waals surface area contributed by atoms with Gasteiger partial charge >= 0.3 is 6.09 Å². The molecule has 31 heavy (non-hydrogen) atoms. The Morgan fingerprint density at radius 1 is 0.968 bits per heavy atom. The fourth-order valence-corrected chi connectivity index (χ4v) is 3.86. The molecular formula is C25H33N3O3. The van der Waals surface area contributed by atoms with E-state index in [2.05, 4.69) is 58.7 Å². The van der Waals surface area contributed by atoms with Gasteiger partial charge in [-0.3, -0.25) is 9.69 Å². The maximum Gasteiger partial charge on any atom is 0.408 e. The molecule has 166 valence electrons. The number of benzene rings is 2. The van der Waals surface area contributed by atoms with Crippen LogP contribution < -0.4 is 5.32 Å². The van der Waals surface area contributed by atoms with Crippen LogP contribution in [0.5, 0.6) is 0 Å². The lowest BCUT2D eigenvalue weighted by atomic mass is 10.0. The standard InChI is InChI=1S/C25H33N3O3/c1-25(2,3)31-24(30)26-18-23(29)27-15-14-22(21-12-8-5-9-13-21)28(17-16-27)19-20-10-6-4-7-11-20/h4-13,22H,14-19H2,1-3H3,(H,26,30). The van der Waals surface area contributed by atoms with Gasteiger partial charge in [0.15, 0.2) is 0 Å². The lowest BCUT2D eigenvalue weighted by Gasteiger charge is -2.30. The van der Waals surface area contributed by atoms with Gasteiger partial charge < -0.3 is 15.0 Å². The van der Waals surface area contributed by atoms with Gasteiger partial charge in [-0.2, -0.15) is 0 Å². The maximum atomic E-state index is 12.8. The van der Waals surface area contributed by atoms with Crippen LogP contribution in [0.1, 0.15) is 44.4 Å². The van der Waals surface area contributed by atoms with Gasteiger partial charge in [0, 0.05) is 32.2 Å². The first-order chi connectivity index (χ1) is 14.8. The summed E-state index contributed by atoms with van der Waals surface area (Å²) in [6.45, 7) is 8.23. The van der Waals surface area contributed by atoms with E-state index in [0.717, 1.165) is 19.5 Å². The van der Waals surface area contributed by atoms with Crippen molar-refractivity contribution in [2.24, 2.45) is 0 Å². The van der Waals surface area contributed by atoms with Gasteiger partial charge in [0.05, 0.1) is 0 Å². The second-order valence-corrected chi connectivity index (χ2v) is 8.91. The highest BCUT2D eigenvalue weighted by atomic mass is 16.6. The monoisotopic (exact) mass is 423 g/mol. The molecule has 2 aromatic rings. The Morgan fingerprint density at radius 3 is 2.26 bits per heavy atom. The zero-order chi connectivity index (χ0) is 22.3. The zero-order valence-corrected chi connectivity index (χ0v) is 18.7. The molecule has 2 amide bonds. The van der Waals surface area contributed by atoms with Gasteiger partial charge in [0.1, 0.15) is 12.1 Å². The SMILES string of the molecule is CC(C)(C)OC(=O)NCC(=O)N1CCC(c2ccccc2)N(Cc2ccccc2)CC1. The lowest BCUT2D eigenvalue weighted by Crippen LogP contribution is -2.43. The van der Waals surface area contributed by atoms with Gasteiger partial charge in [0.2, 0.25) is 5.91 Å². The van der Waals surface area contributed by atoms with Gasteiger partial charge in [-0.15, -0.1) is 0 Å². The lowest BCUT2D eigenvalue weighted by molar-refractivity contribution is -0.130. The average molecular weight is 424 g/mol. The maximum absolute atomic E-state index is 12.8. The van der Waals surface area contributed by atoms with E-state index in [1.807, 2.05) is 17.0 Å². The van der Waals surface area contributed by atoms with Crippen molar-refractivity contribution in [3.63, 3.8) is 0 Å². The van der Waals surface area contributed by atoms with Crippen LogP contribution in [0.15, 0.2) is 60.7 Å². The molecule has 1 N–H and O–H groups in total. The van der Waals surface area contributed by atoms with Crippen molar-refractivity contribution in [3.8, 4) is 0 Å². The van der Waals surface area contributed by atoms with Crippen LogP contribution in [0.25, 0.3) is 0 Å². The second-order valence-electron chi connectivity index (χ2n) is 8.91. The highest BCUT2D eigenvalue weighted by molar-refractivity contribution is 5.82. The number of ether oxygens (including phenoxy) is 1. The normalized spacial score (nSPS) is 17.6. The Morgan fingerprint density at radius 2 is 1.61 bits per heavy atom. The topological polar surface area (TPSA) is 61.9 Å². The van der Waals surface area contributed by atoms with Crippen LogP contribution in [0.4, 0.5) is 4.79 Å². The van der Waals surface area contributed by atoms with Gasteiger partial charge in [-0.1, -0.05) is 60.7 Å². The summed E-state index contributed by atoms with van der Waals surface area (Å²) in [6.07, 6.45) is 0.276. The fraction of sp³-hybridized carbons (Fsp3) is 0.440. The minimum Gasteiger partial charge on any atom is -0.444 e. The molecule has 1 heterocycles. The molecule has 6 nitrogen and oxygen atoms in total. The Balaban J connectivity index is 1.65. The Labute approximate surface area is 185 Å². The number of nitrogens with zero attached hydrogens (tertiary/aromatic N) is 2. The zero-order valence-electron chi connectivity index (χ0n) is 18.7. The summed E-state index contributed by atoms with van der Waals surface area (Å²) < 4.78 is 5.23. The molecular weight excluding hydrogens is 390 g/mol. The third-order valence-electron chi connectivity index (χ3n) is 5.32. The van der Waals surface area contributed by atoms with Gasteiger partial charge in [-0.25, -0.2) is 4.79 Å². The van der Waals surface area contributed by atoms with E-state index < -0.39 is 11.7 Å². The molecule has 1 atom stereocenters. The van der Waals surface area contributed by atoms with E-state index in [0.29, 0.717) is 13.1 Å². The van der Waals surface area contributed by atoms with Crippen LogP contribution in [0.2, 0.25) is 0 Å². The molecule has 1 aliphatic rings. The first kappa shape index (κ1) is 22.8. The number of alkyl carbamates (subject to hydrolysis) is 1. The molecule has 2 aromatic carbocycles. The number of amides is 2. The van der Waals surface area contributed by atoms with Crippen LogP contribution >= 0.6 is 0 Å². The summed E-state index contributed by atoms with van der Waals surface area (Å²) in [5, 5.41) is 2.58. The first-order valence-corrected chi connectivity index (χ1v) is 10.9. The van der Waals surface area contributed by atoms with Crippen molar-refractivity contribution >= 4 is 12.0 Å². The summed E-state index contributed by atoms with van der Waals surface area (Å²) in [4.78, 5) is 28.9. The number of carbonyl (C=O) groups excluding carboxylic acids is 2. The van der Waals surface area contributed by atoms with Crippen molar-refractivity contribution in [1.82, 2.24) is 15.1 Å². The van der Waals surface area contributed by atoms with Gasteiger partial charge in [-0.05, 0) is 38.3 Å². The summed E-state index contributed by atoms with van der Waals surface area (Å²) in [6, 6.07) is 21.1. The summed E-state index contributed by atoms with van der Waals surface area (Å²) in [5.41, 5.74) is 1.94. The van der Waals surface area contributed by atoms with E-state index in [9.17, 15) is 9.59 Å². The third kappa shape index (κ3) is 7.10. The quantitative estimate of drug-likeness (QED) is 0.790. The average Bonchev–Trinajstić information content (AvgIpc) is 2.95. The molecule has 0 bridgehead atoms. The van der Waals surface area contributed by atoms with Crippen molar-refractivity contribution in [2.45, 2.75) is 45.4 Å². The molecule has 1 fully saturated rings. The third-order valence-corrected chi connectivity index (χ3v) is 5.32. The number of nitrogens with one attached hydrogen (secondary N) is 1. The molecule has 1 aliphatic heterocycles. The van der Waals surface area contributed by atoms with Crippen LogP contribution in [0, 0.1) is 0 Å². The van der Waals surface area contributed by atoms with Crippen LogP contribution in [-0.4, -0.2) is 53.6 Å². The van der Waals surface area contributed by atoms with E-state index >= 15 is 0 Å². The van der Waals surface area contributed by atoms with E-state index in [1.165, 1.54) is 11.1 Å². The molecule has 0 saturated carbocycles. The summed E-state index contributed by atoms with van der Waals surface area (Å²) in [7, 11) is 0. The minimum absolute atomic E-state index is 0.0520. The number of rotatable bonds is 5. The van der Waals surface area contributed by atoms with Crippen molar-refractivity contribution in [3.05, 3.63) is 71.8 Å². The Kier molecular flexibility index (Phi) is 7.69. The largest absolute Gasteiger partial charge is 0.444 e. The smallest absolute Gasteiger partial charge is 0.408 e. The van der Waals surface area contributed by atoms with Crippen molar-refractivity contribution < 1.29 is 14.3 Å². The van der Waals surface area contributed by atoms with E-state index in [-0.39, 0.29) is 18.5 Å². The van der Waals surface area contributed by atoms with Crippen LogP contribution in [-0.2, 0) is 16.1 Å². The van der Waals surface area contributed by atoms with Crippen molar-refractivity contribution in [2.75, 3.05) is 26.2 Å². The predicted molar refractivity (Wildman–Crippen MR) is 121 cm³/mol.